The minimum absolute atomic E-state index is 0.0800. The van der Waals surface area contributed by atoms with E-state index in [1.165, 1.54) is 13.2 Å². The second-order valence-corrected chi connectivity index (χ2v) is 5.21. The summed E-state index contributed by atoms with van der Waals surface area (Å²) in [5.74, 6) is 0.470. The molecule has 20 heavy (non-hydrogen) atoms. The van der Waals surface area contributed by atoms with Gasteiger partial charge < -0.3 is 4.74 Å². The van der Waals surface area contributed by atoms with Crippen LogP contribution in [0.25, 0.3) is 0 Å². The number of rotatable bonds is 4. The molecule has 0 saturated heterocycles. The van der Waals surface area contributed by atoms with Crippen molar-refractivity contribution in [3.05, 3.63) is 29.3 Å². The Bertz CT molecular complexity index is 473. The SMILES string of the molecule is CCCNC1(C(F)(F)F)CCCc2ccc(OC)cc21. The summed E-state index contributed by atoms with van der Waals surface area (Å²) in [6.45, 7) is 2.21. The topological polar surface area (TPSA) is 21.3 Å². The smallest absolute Gasteiger partial charge is 0.410 e. The Balaban J connectivity index is 2.54. The number of ether oxygens (including phenoxy) is 1. The fourth-order valence-electron chi connectivity index (χ4n) is 2.89. The fourth-order valence-corrected chi connectivity index (χ4v) is 2.89. The van der Waals surface area contributed by atoms with Crippen molar-refractivity contribution in [1.82, 2.24) is 5.32 Å². The zero-order valence-electron chi connectivity index (χ0n) is 11.8. The molecule has 1 aliphatic rings. The van der Waals surface area contributed by atoms with E-state index in [-0.39, 0.29) is 6.42 Å². The quantitative estimate of drug-likeness (QED) is 0.909. The van der Waals surface area contributed by atoms with Gasteiger partial charge in [-0.2, -0.15) is 13.2 Å². The third-order valence-corrected chi connectivity index (χ3v) is 3.94. The average Bonchev–Trinajstić information content (AvgIpc) is 2.43. The molecule has 0 amide bonds. The second-order valence-electron chi connectivity index (χ2n) is 5.21. The molecule has 0 spiro atoms. The van der Waals surface area contributed by atoms with Gasteiger partial charge in [0.1, 0.15) is 11.3 Å². The largest absolute Gasteiger partial charge is 0.497 e. The van der Waals surface area contributed by atoms with E-state index in [1.54, 1.807) is 12.1 Å². The Kier molecular flexibility index (Phi) is 4.28. The summed E-state index contributed by atoms with van der Waals surface area (Å²) in [4.78, 5) is 0. The van der Waals surface area contributed by atoms with Crippen LogP contribution in [0, 0.1) is 0 Å². The standard InChI is InChI=1S/C15H20F3NO/c1-3-9-19-14(15(16,17)18)8-4-5-11-6-7-12(20-2)10-13(11)14/h6-7,10,19H,3-5,8-9H2,1-2H3. The van der Waals surface area contributed by atoms with Crippen LogP contribution in [0.3, 0.4) is 0 Å². The molecule has 112 valence electrons. The molecule has 0 aliphatic heterocycles. The monoisotopic (exact) mass is 287 g/mol. The van der Waals surface area contributed by atoms with Crippen molar-refractivity contribution in [2.24, 2.45) is 0 Å². The van der Waals surface area contributed by atoms with Crippen LogP contribution in [0.4, 0.5) is 13.2 Å². The number of fused-ring (bicyclic) bond motifs is 1. The van der Waals surface area contributed by atoms with Gasteiger partial charge in [-0.05, 0) is 55.5 Å². The molecule has 2 rings (SSSR count). The van der Waals surface area contributed by atoms with Crippen LogP contribution in [0.2, 0.25) is 0 Å². The first-order valence-corrected chi connectivity index (χ1v) is 6.94. The van der Waals surface area contributed by atoms with Crippen molar-refractivity contribution in [2.45, 2.75) is 44.3 Å². The van der Waals surface area contributed by atoms with E-state index in [0.29, 0.717) is 37.1 Å². The highest BCUT2D eigenvalue weighted by atomic mass is 19.4. The molecule has 0 saturated carbocycles. The first-order valence-electron chi connectivity index (χ1n) is 6.94. The van der Waals surface area contributed by atoms with E-state index in [4.69, 9.17) is 4.74 Å². The van der Waals surface area contributed by atoms with Gasteiger partial charge in [0.05, 0.1) is 7.11 Å². The van der Waals surface area contributed by atoms with E-state index in [1.807, 2.05) is 6.92 Å². The van der Waals surface area contributed by atoms with Gasteiger partial charge in [0.25, 0.3) is 0 Å². The van der Waals surface area contributed by atoms with Crippen molar-refractivity contribution in [3.8, 4) is 5.75 Å². The number of halogens is 3. The minimum Gasteiger partial charge on any atom is -0.497 e. The third kappa shape index (κ3) is 2.51. The molecule has 1 aromatic rings. The van der Waals surface area contributed by atoms with Crippen molar-refractivity contribution < 1.29 is 17.9 Å². The maximum atomic E-state index is 13.7. The number of benzene rings is 1. The molecule has 1 unspecified atom stereocenters. The summed E-state index contributed by atoms with van der Waals surface area (Å²) in [6, 6.07) is 5.01. The van der Waals surface area contributed by atoms with E-state index in [2.05, 4.69) is 5.32 Å². The Labute approximate surface area is 117 Å². The Morgan fingerprint density at radius 1 is 1.35 bits per heavy atom. The number of hydrogen-bond acceptors (Lipinski definition) is 2. The van der Waals surface area contributed by atoms with Gasteiger partial charge in [-0.25, -0.2) is 0 Å². The fraction of sp³-hybridized carbons (Fsp3) is 0.600. The maximum Gasteiger partial charge on any atom is 0.410 e. The van der Waals surface area contributed by atoms with Gasteiger partial charge >= 0.3 is 6.18 Å². The summed E-state index contributed by atoms with van der Waals surface area (Å²) in [5.41, 5.74) is -0.854. The van der Waals surface area contributed by atoms with Crippen LogP contribution >= 0.6 is 0 Å². The molecule has 0 radical (unpaired) electrons. The highest BCUT2D eigenvalue weighted by molar-refractivity contribution is 5.43. The summed E-state index contributed by atoms with van der Waals surface area (Å²) >= 11 is 0. The lowest BCUT2D eigenvalue weighted by molar-refractivity contribution is -0.205. The first-order chi connectivity index (χ1) is 9.44. The Morgan fingerprint density at radius 3 is 2.70 bits per heavy atom. The first kappa shape index (κ1) is 15.2. The van der Waals surface area contributed by atoms with Crippen LogP contribution in [0.1, 0.15) is 37.3 Å². The Hall–Kier alpha value is -1.23. The average molecular weight is 287 g/mol. The highest BCUT2D eigenvalue weighted by Crippen LogP contribution is 2.47. The molecular formula is C15H20F3NO. The second kappa shape index (κ2) is 5.64. The van der Waals surface area contributed by atoms with Crippen molar-refractivity contribution >= 4 is 0 Å². The van der Waals surface area contributed by atoms with Gasteiger partial charge in [0.2, 0.25) is 0 Å². The molecule has 1 aromatic carbocycles. The van der Waals surface area contributed by atoms with Crippen LogP contribution in [0.15, 0.2) is 18.2 Å². The van der Waals surface area contributed by atoms with Crippen molar-refractivity contribution in [2.75, 3.05) is 13.7 Å². The molecule has 0 aromatic heterocycles. The summed E-state index contributed by atoms with van der Waals surface area (Å²) in [7, 11) is 1.47. The third-order valence-electron chi connectivity index (χ3n) is 3.94. The van der Waals surface area contributed by atoms with Gasteiger partial charge in [-0.1, -0.05) is 13.0 Å². The molecule has 0 bridgehead atoms. The summed E-state index contributed by atoms with van der Waals surface area (Å²) in [6.07, 6.45) is -2.35. The number of alkyl halides is 3. The zero-order chi connectivity index (χ0) is 14.8. The zero-order valence-corrected chi connectivity index (χ0v) is 11.8. The molecule has 5 heteroatoms. The van der Waals surface area contributed by atoms with Gasteiger partial charge in [-0.3, -0.25) is 5.32 Å². The van der Waals surface area contributed by atoms with Crippen LogP contribution < -0.4 is 10.1 Å². The molecule has 2 nitrogen and oxygen atoms in total. The molecule has 0 heterocycles. The van der Waals surface area contributed by atoms with Gasteiger partial charge in [-0.15, -0.1) is 0 Å². The Morgan fingerprint density at radius 2 is 2.10 bits per heavy atom. The summed E-state index contributed by atoms with van der Waals surface area (Å²) < 4.78 is 46.3. The van der Waals surface area contributed by atoms with Gasteiger partial charge in [0, 0.05) is 0 Å². The van der Waals surface area contributed by atoms with Crippen LogP contribution in [-0.2, 0) is 12.0 Å². The van der Waals surface area contributed by atoms with Crippen molar-refractivity contribution in [1.29, 1.82) is 0 Å². The predicted octanol–water partition coefficient (Wildman–Crippen LogP) is 3.79. The van der Waals surface area contributed by atoms with Gasteiger partial charge in [0.15, 0.2) is 0 Å². The number of hydrogen-bond donors (Lipinski definition) is 1. The lowest BCUT2D eigenvalue weighted by atomic mass is 9.75. The number of methoxy groups -OCH3 is 1. The van der Waals surface area contributed by atoms with E-state index < -0.39 is 11.7 Å². The number of nitrogens with one attached hydrogen (secondary N) is 1. The molecular weight excluding hydrogens is 267 g/mol. The highest BCUT2D eigenvalue weighted by Gasteiger charge is 2.57. The number of aryl methyl sites for hydroxylation is 1. The summed E-state index contributed by atoms with van der Waals surface area (Å²) in [5, 5.41) is 2.75. The van der Waals surface area contributed by atoms with Crippen LogP contribution in [0.5, 0.6) is 5.75 Å². The maximum absolute atomic E-state index is 13.7. The van der Waals surface area contributed by atoms with Crippen LogP contribution in [-0.4, -0.2) is 19.8 Å². The minimum atomic E-state index is -4.32. The molecule has 1 atom stereocenters. The van der Waals surface area contributed by atoms with Crippen molar-refractivity contribution in [3.63, 3.8) is 0 Å². The molecule has 1 N–H and O–H groups in total. The predicted molar refractivity (Wildman–Crippen MR) is 72.0 cm³/mol. The lowest BCUT2D eigenvalue weighted by Crippen LogP contribution is -2.55. The van der Waals surface area contributed by atoms with E-state index in [0.717, 1.165) is 5.56 Å². The van der Waals surface area contributed by atoms with E-state index in [9.17, 15) is 13.2 Å². The van der Waals surface area contributed by atoms with E-state index >= 15 is 0 Å². The molecule has 1 aliphatic carbocycles. The normalized spacial score (nSPS) is 22.4. The lowest BCUT2D eigenvalue weighted by Gasteiger charge is -2.41. The molecule has 0 fully saturated rings.